The number of hydrogen-bond acceptors (Lipinski definition) is 4. The number of rotatable bonds is 3. The summed E-state index contributed by atoms with van der Waals surface area (Å²) < 4.78 is 105. The molecule has 0 amide bonds. The van der Waals surface area contributed by atoms with Crippen LogP contribution in [0.25, 0.3) is 0 Å². The highest BCUT2D eigenvalue weighted by Gasteiger charge is 2.31. The van der Waals surface area contributed by atoms with E-state index >= 15 is 0 Å². The zero-order valence-electron chi connectivity index (χ0n) is 10.1. The first kappa shape index (κ1) is 16.1. The summed E-state index contributed by atoms with van der Waals surface area (Å²) >= 11 is 0. The zero-order valence-corrected chi connectivity index (χ0v) is 10.9. The van der Waals surface area contributed by atoms with Crippen LogP contribution in [-0.4, -0.2) is 13.4 Å². The molecular weight excluding hydrogens is 340 g/mol. The molecule has 2 aromatic rings. The van der Waals surface area contributed by atoms with Crippen molar-refractivity contribution in [2.45, 2.75) is 5.03 Å². The lowest BCUT2D eigenvalue weighted by Crippen LogP contribution is -2.15. The van der Waals surface area contributed by atoms with Crippen molar-refractivity contribution in [3.05, 3.63) is 53.2 Å². The van der Waals surface area contributed by atoms with Gasteiger partial charge in [0.1, 0.15) is 5.82 Å². The Morgan fingerprint density at radius 1 is 0.818 bits per heavy atom. The Labute approximate surface area is 119 Å². The highest BCUT2D eigenvalue weighted by Crippen LogP contribution is 2.31. The summed E-state index contributed by atoms with van der Waals surface area (Å²) in [7, 11) is -5.04. The van der Waals surface area contributed by atoms with Crippen LogP contribution < -0.4 is 4.18 Å². The van der Waals surface area contributed by atoms with Gasteiger partial charge < -0.3 is 4.18 Å². The van der Waals surface area contributed by atoms with Crippen molar-refractivity contribution >= 4 is 10.1 Å². The molecule has 0 spiro atoms. The van der Waals surface area contributed by atoms with Crippen LogP contribution in [0.15, 0.2) is 23.4 Å². The number of hydrogen-bond donors (Lipinski definition) is 0. The molecule has 1 aromatic carbocycles. The molecule has 0 atom stereocenters. The second kappa shape index (κ2) is 5.48. The average Bonchev–Trinajstić information content (AvgIpc) is 2.48. The number of aromatic nitrogens is 1. The van der Waals surface area contributed by atoms with E-state index in [1.54, 1.807) is 0 Å². The van der Waals surface area contributed by atoms with Crippen LogP contribution in [0.4, 0.5) is 26.3 Å². The van der Waals surface area contributed by atoms with Crippen molar-refractivity contribution in [3.63, 3.8) is 0 Å². The largest absolute Gasteiger partial charge is 0.371 e. The Kier molecular flexibility index (Phi) is 4.00. The number of benzene rings is 1. The molecule has 0 aliphatic heterocycles. The third-order valence-electron chi connectivity index (χ3n) is 2.32. The van der Waals surface area contributed by atoms with Gasteiger partial charge in [-0.3, -0.25) is 0 Å². The predicted octanol–water partition coefficient (Wildman–Crippen LogP) is 2.68. The van der Waals surface area contributed by atoms with E-state index < -0.39 is 55.8 Å². The van der Waals surface area contributed by atoms with Gasteiger partial charge in [-0.2, -0.15) is 17.2 Å². The van der Waals surface area contributed by atoms with Crippen molar-refractivity contribution in [3.8, 4) is 5.75 Å². The van der Waals surface area contributed by atoms with Crippen molar-refractivity contribution in [2.75, 3.05) is 0 Å². The minimum Gasteiger partial charge on any atom is -0.371 e. The molecule has 0 radical (unpaired) electrons. The van der Waals surface area contributed by atoms with Gasteiger partial charge in [0.05, 0.1) is 6.20 Å². The number of halogens is 6. The molecule has 0 saturated heterocycles. The summed E-state index contributed by atoms with van der Waals surface area (Å²) in [6, 6.07) is 1.22. The lowest BCUT2D eigenvalue weighted by molar-refractivity contribution is 0.346. The van der Waals surface area contributed by atoms with Gasteiger partial charge in [0, 0.05) is 0 Å². The van der Waals surface area contributed by atoms with Gasteiger partial charge in [0.2, 0.25) is 34.8 Å². The highest BCUT2D eigenvalue weighted by atomic mass is 32.2. The molecule has 0 aliphatic rings. The molecule has 0 saturated carbocycles. The van der Waals surface area contributed by atoms with Gasteiger partial charge >= 0.3 is 10.1 Å². The molecule has 0 bridgehead atoms. The summed E-state index contributed by atoms with van der Waals surface area (Å²) in [5, 5.41) is -0.988. The second-order valence-corrected chi connectivity index (χ2v) is 5.24. The molecule has 11 heteroatoms. The van der Waals surface area contributed by atoms with Crippen LogP contribution in [0.3, 0.4) is 0 Å². The van der Waals surface area contributed by atoms with Crippen molar-refractivity contribution < 1.29 is 38.9 Å². The van der Waals surface area contributed by atoms with Crippen molar-refractivity contribution in [2.24, 2.45) is 0 Å². The van der Waals surface area contributed by atoms with Crippen molar-refractivity contribution in [1.29, 1.82) is 0 Å². The fraction of sp³-hybridized carbons (Fsp3) is 0. The molecule has 0 fully saturated rings. The van der Waals surface area contributed by atoms with E-state index in [1.807, 2.05) is 0 Å². The van der Waals surface area contributed by atoms with Gasteiger partial charge in [-0.15, -0.1) is 0 Å². The predicted molar refractivity (Wildman–Crippen MR) is 58.2 cm³/mol. The quantitative estimate of drug-likeness (QED) is 0.372. The van der Waals surface area contributed by atoms with Gasteiger partial charge in [0.25, 0.3) is 0 Å². The monoisotopic (exact) mass is 343 g/mol. The molecule has 118 valence electrons. The minimum absolute atomic E-state index is 0.453. The Morgan fingerprint density at radius 2 is 1.32 bits per heavy atom. The average molecular weight is 343 g/mol. The maximum Gasteiger partial charge on any atom is 0.357 e. The normalized spacial score (nSPS) is 11.5. The second-order valence-electron chi connectivity index (χ2n) is 3.75. The third kappa shape index (κ3) is 2.71. The first-order valence-corrected chi connectivity index (χ1v) is 6.63. The van der Waals surface area contributed by atoms with E-state index in [1.165, 1.54) is 0 Å². The molecular formula is C11H3F6NO3S. The molecule has 2 rings (SSSR count). The molecule has 4 nitrogen and oxygen atoms in total. The fourth-order valence-corrected chi connectivity index (χ4v) is 2.19. The summed E-state index contributed by atoms with van der Waals surface area (Å²) in [4.78, 5) is 3.07. The molecule has 1 heterocycles. The fourth-order valence-electron chi connectivity index (χ4n) is 1.32. The van der Waals surface area contributed by atoms with E-state index in [0.717, 1.165) is 0 Å². The van der Waals surface area contributed by atoms with E-state index in [2.05, 4.69) is 9.17 Å². The lowest BCUT2D eigenvalue weighted by Gasteiger charge is -2.09. The molecule has 0 aliphatic carbocycles. The zero-order chi connectivity index (χ0) is 16.7. The smallest absolute Gasteiger partial charge is 0.357 e. The number of pyridine rings is 1. The first-order chi connectivity index (χ1) is 10.1. The summed E-state index contributed by atoms with van der Waals surface area (Å²) in [6.07, 6.45) is 0.453. The van der Waals surface area contributed by atoms with Crippen LogP contribution in [0.1, 0.15) is 0 Å². The molecule has 1 aromatic heterocycles. The standard InChI is InChI=1S/C11H3F6NO3S/c12-4-1-2-5(18-3-4)22(19,20)21-11-9(16)7(14)6(13)8(15)10(11)17/h1-3H. The topological polar surface area (TPSA) is 56.3 Å². The molecule has 0 N–H and O–H groups in total. The van der Waals surface area contributed by atoms with Crippen LogP contribution in [0.2, 0.25) is 0 Å². The van der Waals surface area contributed by atoms with E-state index in [0.29, 0.717) is 18.3 Å². The van der Waals surface area contributed by atoms with Crippen molar-refractivity contribution in [1.82, 2.24) is 4.98 Å². The summed E-state index contributed by atoms with van der Waals surface area (Å²) in [5.41, 5.74) is 0. The van der Waals surface area contributed by atoms with Gasteiger partial charge in [-0.05, 0) is 12.1 Å². The summed E-state index contributed by atoms with van der Waals surface area (Å²) in [5.74, 6) is -15.1. The molecule has 22 heavy (non-hydrogen) atoms. The Hall–Kier alpha value is -2.30. The van der Waals surface area contributed by atoms with Crippen LogP contribution in [-0.2, 0) is 10.1 Å². The van der Waals surface area contributed by atoms with Gasteiger partial charge in [-0.1, -0.05) is 0 Å². The number of nitrogens with zero attached hydrogens (tertiary/aromatic N) is 1. The minimum atomic E-state index is -5.04. The highest BCUT2D eigenvalue weighted by molar-refractivity contribution is 7.87. The van der Waals surface area contributed by atoms with Crippen LogP contribution in [0, 0.1) is 34.9 Å². The van der Waals surface area contributed by atoms with Gasteiger partial charge in [0.15, 0.2) is 5.03 Å². The maximum absolute atomic E-state index is 13.3. The van der Waals surface area contributed by atoms with E-state index in [4.69, 9.17) is 0 Å². The van der Waals surface area contributed by atoms with E-state index in [-0.39, 0.29) is 0 Å². The van der Waals surface area contributed by atoms with Gasteiger partial charge in [-0.25, -0.2) is 22.5 Å². The first-order valence-electron chi connectivity index (χ1n) is 5.22. The lowest BCUT2D eigenvalue weighted by atomic mass is 10.3. The molecule has 0 unspecified atom stereocenters. The van der Waals surface area contributed by atoms with E-state index in [9.17, 15) is 34.8 Å². The third-order valence-corrected chi connectivity index (χ3v) is 3.46. The Morgan fingerprint density at radius 3 is 1.77 bits per heavy atom. The SMILES string of the molecule is O=S(=O)(Oc1c(F)c(F)c(F)c(F)c1F)c1ccc(F)cn1. The van der Waals surface area contributed by atoms with Crippen LogP contribution in [0.5, 0.6) is 5.75 Å². The Balaban J connectivity index is 2.53. The van der Waals surface area contributed by atoms with Crippen LogP contribution >= 0.6 is 0 Å². The maximum atomic E-state index is 13.3. The summed E-state index contributed by atoms with van der Waals surface area (Å²) in [6.45, 7) is 0. The Bertz CT molecular complexity index is 809.